The summed E-state index contributed by atoms with van der Waals surface area (Å²) in [7, 11) is 2.33. The molecule has 70 valence electrons. The Kier molecular flexibility index (Phi) is 3.60. The molecule has 1 heterocycles. The Morgan fingerprint density at radius 2 is 2.00 bits per heavy atom. The van der Waals surface area contributed by atoms with Crippen LogP contribution in [0.25, 0.3) is 0 Å². The van der Waals surface area contributed by atoms with Crippen molar-refractivity contribution < 1.29 is 9.22 Å². The number of hydrogen-bond donors (Lipinski definition) is 0. The quantitative estimate of drug-likeness (QED) is 0.355. The highest BCUT2D eigenvalue weighted by Gasteiger charge is 2.23. The molecule has 0 N–H and O–H groups in total. The van der Waals surface area contributed by atoms with E-state index >= 15 is 0 Å². The van der Waals surface area contributed by atoms with Crippen LogP contribution in [0.5, 0.6) is 0 Å². The molecule has 12 heavy (non-hydrogen) atoms. The molecule has 1 saturated heterocycles. The Labute approximate surface area is 75.4 Å². The Hall–Kier alpha value is -0.500. The van der Waals surface area contributed by atoms with Gasteiger partial charge in [-0.05, 0) is 19.3 Å². The van der Waals surface area contributed by atoms with Gasteiger partial charge in [-0.1, -0.05) is 6.58 Å². The lowest BCUT2D eigenvalue weighted by Crippen LogP contribution is -2.49. The summed E-state index contributed by atoms with van der Waals surface area (Å²) in [5.41, 5.74) is 0. The zero-order chi connectivity index (χ0) is 8.86. The number of piperidine rings is 1. The average molecular weight is 170 g/mol. The molecule has 0 amide bonds. The maximum absolute atomic E-state index is 5.15. The van der Waals surface area contributed by atoms with Crippen molar-refractivity contribution in [3.8, 4) is 0 Å². The van der Waals surface area contributed by atoms with Gasteiger partial charge < -0.3 is 9.22 Å². The summed E-state index contributed by atoms with van der Waals surface area (Å²) < 4.78 is 6.34. The topological polar surface area (TPSA) is 9.23 Å². The Morgan fingerprint density at radius 1 is 1.33 bits per heavy atom. The first kappa shape index (κ1) is 9.59. The van der Waals surface area contributed by atoms with Crippen LogP contribution in [0.2, 0.25) is 0 Å². The lowest BCUT2D eigenvalue weighted by atomic mass is 10.1. The van der Waals surface area contributed by atoms with Crippen LogP contribution in [0, 0.1) is 0 Å². The molecule has 0 bridgehead atoms. The van der Waals surface area contributed by atoms with E-state index in [0.717, 1.165) is 13.2 Å². The van der Waals surface area contributed by atoms with Crippen molar-refractivity contribution in [2.24, 2.45) is 0 Å². The third-order valence-electron chi connectivity index (χ3n) is 2.76. The minimum atomic E-state index is 0.819. The van der Waals surface area contributed by atoms with Crippen LogP contribution in [-0.2, 0) is 4.74 Å². The number of nitrogens with zero attached hydrogens (tertiary/aromatic N) is 1. The minimum Gasteiger partial charge on any atom is -0.496 e. The summed E-state index contributed by atoms with van der Waals surface area (Å²) in [6, 6.07) is 0. The fourth-order valence-electron chi connectivity index (χ4n) is 1.86. The maximum Gasteiger partial charge on any atom is 0.136 e. The average Bonchev–Trinajstić information content (AvgIpc) is 2.06. The van der Waals surface area contributed by atoms with Gasteiger partial charge in [-0.2, -0.15) is 0 Å². The molecule has 0 aromatic rings. The molecule has 0 unspecified atom stereocenters. The lowest BCUT2D eigenvalue weighted by molar-refractivity contribution is -0.914. The monoisotopic (exact) mass is 170 g/mol. The molecule has 1 fully saturated rings. The molecule has 2 nitrogen and oxygen atoms in total. The van der Waals surface area contributed by atoms with Crippen LogP contribution >= 0.6 is 0 Å². The van der Waals surface area contributed by atoms with Gasteiger partial charge in [0.15, 0.2) is 0 Å². The number of likely N-dealkylation sites (tertiary alicyclic amines) is 1. The Morgan fingerprint density at radius 3 is 2.58 bits per heavy atom. The molecule has 0 aromatic heterocycles. The van der Waals surface area contributed by atoms with E-state index in [4.69, 9.17) is 4.74 Å². The van der Waals surface area contributed by atoms with Crippen LogP contribution in [0.3, 0.4) is 0 Å². The van der Waals surface area contributed by atoms with Crippen LogP contribution in [-0.4, -0.2) is 37.8 Å². The second kappa shape index (κ2) is 4.51. The molecule has 2 heteroatoms. The largest absolute Gasteiger partial charge is 0.496 e. The third kappa shape index (κ3) is 2.86. The number of rotatable bonds is 4. The predicted molar refractivity (Wildman–Crippen MR) is 50.8 cm³/mol. The van der Waals surface area contributed by atoms with E-state index in [1.807, 2.05) is 0 Å². The first-order valence-corrected chi connectivity index (χ1v) is 4.83. The van der Waals surface area contributed by atoms with E-state index in [1.54, 1.807) is 0 Å². The van der Waals surface area contributed by atoms with E-state index in [9.17, 15) is 0 Å². The van der Waals surface area contributed by atoms with Gasteiger partial charge in [-0.15, -0.1) is 0 Å². The summed E-state index contributed by atoms with van der Waals surface area (Å²) in [6.07, 6.45) is 5.71. The fourth-order valence-corrected chi connectivity index (χ4v) is 1.86. The Balaban J connectivity index is 2.21. The number of ether oxygens (including phenoxy) is 1. The highest BCUT2D eigenvalue weighted by Crippen LogP contribution is 2.15. The highest BCUT2D eigenvalue weighted by molar-refractivity contribution is 4.53. The highest BCUT2D eigenvalue weighted by atomic mass is 16.5. The molecule has 0 radical (unpaired) electrons. The van der Waals surface area contributed by atoms with Gasteiger partial charge in [-0.3, -0.25) is 0 Å². The SMILES string of the molecule is C=COCC[N+]1(C)CCCCC1. The number of likely N-dealkylation sites (N-methyl/N-ethyl adjacent to an activating group) is 1. The van der Waals surface area contributed by atoms with Crippen molar-refractivity contribution in [3.05, 3.63) is 12.8 Å². The van der Waals surface area contributed by atoms with Gasteiger partial charge in [0, 0.05) is 0 Å². The van der Waals surface area contributed by atoms with Gasteiger partial charge in [-0.25, -0.2) is 0 Å². The van der Waals surface area contributed by atoms with E-state index in [2.05, 4.69) is 13.6 Å². The van der Waals surface area contributed by atoms with Crippen molar-refractivity contribution >= 4 is 0 Å². The van der Waals surface area contributed by atoms with Crippen molar-refractivity contribution in [1.29, 1.82) is 0 Å². The standard InChI is InChI=1S/C10H20NO/c1-3-12-10-9-11(2)7-5-4-6-8-11/h3H,1,4-10H2,2H3/q+1. The molecule has 0 saturated carbocycles. The van der Waals surface area contributed by atoms with Gasteiger partial charge >= 0.3 is 0 Å². The summed E-state index contributed by atoms with van der Waals surface area (Å²) in [5, 5.41) is 0. The first-order chi connectivity index (χ1) is 5.77. The second-order valence-corrected chi connectivity index (χ2v) is 3.89. The third-order valence-corrected chi connectivity index (χ3v) is 2.76. The normalized spacial score (nSPS) is 21.8. The molecule has 1 aliphatic heterocycles. The van der Waals surface area contributed by atoms with Gasteiger partial charge in [0.2, 0.25) is 0 Å². The molecule has 1 aliphatic rings. The van der Waals surface area contributed by atoms with Crippen molar-refractivity contribution in [1.82, 2.24) is 0 Å². The zero-order valence-electron chi connectivity index (χ0n) is 8.09. The molecular formula is C10H20NO+. The summed E-state index contributed by atoms with van der Waals surface area (Å²) in [6.45, 7) is 8.13. The minimum absolute atomic E-state index is 0.819. The van der Waals surface area contributed by atoms with Crippen LogP contribution in [0.1, 0.15) is 19.3 Å². The predicted octanol–water partition coefficient (Wildman–Crippen LogP) is 1.78. The summed E-state index contributed by atoms with van der Waals surface area (Å²) in [5.74, 6) is 0. The van der Waals surface area contributed by atoms with E-state index in [0.29, 0.717) is 0 Å². The summed E-state index contributed by atoms with van der Waals surface area (Å²) >= 11 is 0. The summed E-state index contributed by atoms with van der Waals surface area (Å²) in [4.78, 5) is 0. The number of hydrogen-bond acceptors (Lipinski definition) is 1. The van der Waals surface area contributed by atoms with E-state index in [-0.39, 0.29) is 0 Å². The fraction of sp³-hybridized carbons (Fsp3) is 0.800. The number of quaternary nitrogens is 1. The van der Waals surface area contributed by atoms with Crippen LogP contribution in [0.15, 0.2) is 12.8 Å². The molecular weight excluding hydrogens is 150 g/mol. The van der Waals surface area contributed by atoms with Crippen molar-refractivity contribution in [3.63, 3.8) is 0 Å². The van der Waals surface area contributed by atoms with Gasteiger partial charge in [0.25, 0.3) is 0 Å². The zero-order valence-corrected chi connectivity index (χ0v) is 8.09. The molecule has 1 rings (SSSR count). The van der Waals surface area contributed by atoms with Crippen molar-refractivity contribution in [2.45, 2.75) is 19.3 Å². The van der Waals surface area contributed by atoms with E-state index in [1.165, 1.54) is 43.1 Å². The van der Waals surface area contributed by atoms with Crippen LogP contribution < -0.4 is 0 Å². The molecule has 0 aromatic carbocycles. The second-order valence-electron chi connectivity index (χ2n) is 3.89. The van der Waals surface area contributed by atoms with E-state index < -0.39 is 0 Å². The lowest BCUT2D eigenvalue weighted by Gasteiger charge is -2.37. The molecule has 0 spiro atoms. The van der Waals surface area contributed by atoms with Gasteiger partial charge in [0.05, 0.1) is 26.4 Å². The molecule has 0 atom stereocenters. The Bertz CT molecular complexity index is 139. The first-order valence-electron chi connectivity index (χ1n) is 4.83. The van der Waals surface area contributed by atoms with Gasteiger partial charge in [0.1, 0.15) is 13.2 Å². The maximum atomic E-state index is 5.15. The van der Waals surface area contributed by atoms with Crippen LogP contribution in [0.4, 0.5) is 0 Å². The smallest absolute Gasteiger partial charge is 0.136 e. The van der Waals surface area contributed by atoms with Crippen molar-refractivity contribution in [2.75, 3.05) is 33.3 Å². The molecule has 0 aliphatic carbocycles.